The number of nitriles is 1. The van der Waals surface area contributed by atoms with Crippen molar-refractivity contribution in [3.05, 3.63) is 95.6 Å². The molecule has 0 unspecified atom stereocenters. The zero-order chi connectivity index (χ0) is 24.3. The van der Waals surface area contributed by atoms with Gasteiger partial charge in [0.2, 0.25) is 5.91 Å². The first-order chi connectivity index (χ1) is 16.5. The van der Waals surface area contributed by atoms with Crippen molar-refractivity contribution in [2.45, 2.75) is 18.8 Å². The van der Waals surface area contributed by atoms with Crippen LogP contribution in [0.1, 0.15) is 23.2 Å². The van der Waals surface area contributed by atoms with E-state index in [2.05, 4.69) is 10.3 Å². The number of nitrogens with zero attached hydrogens (tertiary/aromatic N) is 2. The largest absolute Gasteiger partial charge is 0.490 e. The molecule has 0 saturated heterocycles. The number of benzene rings is 2. The highest BCUT2D eigenvalue weighted by Gasteiger charge is 2.25. The number of amides is 1. The van der Waals surface area contributed by atoms with Crippen molar-refractivity contribution >= 4 is 24.7 Å². The van der Waals surface area contributed by atoms with Crippen LogP contribution in [0.2, 0.25) is 0 Å². The Labute approximate surface area is 197 Å². The molecule has 2 aromatic carbocycles. The van der Waals surface area contributed by atoms with Crippen LogP contribution in [0.5, 0.6) is 5.75 Å². The van der Waals surface area contributed by atoms with Crippen LogP contribution in [0.3, 0.4) is 0 Å². The molecule has 0 aliphatic carbocycles. The van der Waals surface area contributed by atoms with Crippen LogP contribution in [-0.2, 0) is 11.2 Å². The molecular weight excluding hydrogens is 436 g/mol. The van der Waals surface area contributed by atoms with Gasteiger partial charge in [0.25, 0.3) is 0 Å². The Morgan fingerprint density at radius 3 is 2.59 bits per heavy atom. The number of hydrogen-bond acceptors (Lipinski definition) is 6. The fraction of sp³-hybridized carbons (Fsp3) is 0.160. The van der Waals surface area contributed by atoms with Crippen LogP contribution in [0.15, 0.2) is 72.9 Å². The first kappa shape index (κ1) is 24.6. The molecule has 34 heavy (non-hydrogen) atoms. The second kappa shape index (κ2) is 12.3. The number of nitrogens with one attached hydrogen (secondary N) is 1. The molecule has 3 N–H and O–H groups in total. The van der Waals surface area contributed by atoms with Gasteiger partial charge in [-0.25, -0.2) is 4.39 Å². The first-order valence-electron chi connectivity index (χ1n) is 10.6. The fourth-order valence-electron chi connectivity index (χ4n) is 3.22. The van der Waals surface area contributed by atoms with Crippen molar-refractivity contribution in [3.8, 4) is 11.8 Å². The summed E-state index contributed by atoms with van der Waals surface area (Å²) in [5.41, 5.74) is 1.61. The third-order valence-corrected chi connectivity index (χ3v) is 4.95. The van der Waals surface area contributed by atoms with E-state index >= 15 is 0 Å². The molecule has 0 aliphatic heterocycles. The van der Waals surface area contributed by atoms with Crippen LogP contribution < -0.4 is 10.1 Å². The maximum atomic E-state index is 14.9. The van der Waals surface area contributed by atoms with E-state index in [4.69, 9.17) is 4.74 Å². The minimum Gasteiger partial charge on any atom is -0.490 e. The Balaban J connectivity index is 1.60. The number of halogens is 1. The van der Waals surface area contributed by atoms with E-state index in [1.165, 1.54) is 18.2 Å². The van der Waals surface area contributed by atoms with E-state index in [1.807, 2.05) is 36.4 Å². The molecule has 0 radical (unpaired) electrons. The van der Waals surface area contributed by atoms with Gasteiger partial charge in [0.15, 0.2) is 11.6 Å². The molecule has 9 heteroatoms. The zero-order valence-corrected chi connectivity index (χ0v) is 18.3. The summed E-state index contributed by atoms with van der Waals surface area (Å²) in [5, 5.41) is 31.2. The number of ether oxygens (including phenoxy) is 1. The Kier molecular flexibility index (Phi) is 8.92. The predicted molar refractivity (Wildman–Crippen MR) is 127 cm³/mol. The van der Waals surface area contributed by atoms with Gasteiger partial charge in [0, 0.05) is 11.8 Å². The predicted octanol–water partition coefficient (Wildman–Crippen LogP) is 2.79. The van der Waals surface area contributed by atoms with Gasteiger partial charge in [-0.15, -0.1) is 0 Å². The molecule has 172 valence electrons. The number of allylic oxidation sites excluding steroid dienone is 1. The lowest BCUT2D eigenvalue weighted by atomic mass is 9.76. The monoisotopic (exact) mass is 459 g/mol. The number of rotatable bonds is 10. The first-order valence-corrected chi connectivity index (χ1v) is 10.6. The Morgan fingerprint density at radius 1 is 1.15 bits per heavy atom. The van der Waals surface area contributed by atoms with Crippen LogP contribution in [0, 0.1) is 17.1 Å². The SMILES string of the molecule is N#CC(=Cc1cccc(OCCC(=O)N[C@@H](Cc2ccccc2)B(O)O)c1F)c1ccccn1. The third kappa shape index (κ3) is 7.00. The lowest BCUT2D eigenvalue weighted by molar-refractivity contribution is -0.122. The highest BCUT2D eigenvalue weighted by molar-refractivity contribution is 6.43. The number of carbonyl (C=O) groups excluding carboxylic acids is 1. The quantitative estimate of drug-likeness (QED) is 0.317. The van der Waals surface area contributed by atoms with Gasteiger partial charge >= 0.3 is 7.12 Å². The zero-order valence-electron chi connectivity index (χ0n) is 18.3. The van der Waals surface area contributed by atoms with Crippen molar-refractivity contribution in [1.82, 2.24) is 10.3 Å². The van der Waals surface area contributed by atoms with Gasteiger partial charge < -0.3 is 20.1 Å². The highest BCUT2D eigenvalue weighted by Crippen LogP contribution is 2.24. The van der Waals surface area contributed by atoms with E-state index in [0.717, 1.165) is 5.56 Å². The van der Waals surface area contributed by atoms with Gasteiger partial charge in [0.1, 0.15) is 6.07 Å². The number of aromatic nitrogens is 1. The summed E-state index contributed by atoms with van der Waals surface area (Å²) in [7, 11) is -1.74. The lowest BCUT2D eigenvalue weighted by Gasteiger charge is -2.18. The number of hydrogen-bond donors (Lipinski definition) is 3. The molecule has 1 aromatic heterocycles. The Hall–Kier alpha value is -4.00. The summed E-state index contributed by atoms with van der Waals surface area (Å²) in [6, 6.07) is 20.7. The second-order valence-corrected chi connectivity index (χ2v) is 7.42. The average Bonchev–Trinajstić information content (AvgIpc) is 2.85. The summed E-state index contributed by atoms with van der Waals surface area (Å²) in [6.07, 6.45) is 3.05. The minimum atomic E-state index is -1.74. The standard InChI is InChI=1S/C25H23BFN3O4/c27-25-19(16-20(17-28)21-10-4-5-13-29-21)9-6-11-22(25)34-14-12-24(31)30-23(26(32)33)15-18-7-2-1-3-8-18/h1-11,13,16,23,32-33H,12,14-15H2,(H,30,31)/t23-/m0/s1. The summed E-state index contributed by atoms with van der Waals surface area (Å²) >= 11 is 0. The molecule has 1 amide bonds. The van der Waals surface area contributed by atoms with E-state index in [0.29, 0.717) is 5.69 Å². The van der Waals surface area contributed by atoms with Crippen molar-refractivity contribution in [2.75, 3.05) is 6.61 Å². The molecular formula is C25H23BFN3O4. The van der Waals surface area contributed by atoms with E-state index in [9.17, 15) is 24.5 Å². The molecule has 0 bridgehead atoms. The minimum absolute atomic E-state index is 0.0668. The van der Waals surface area contributed by atoms with Crippen molar-refractivity contribution < 1.29 is 24.0 Å². The average molecular weight is 459 g/mol. The molecule has 0 aliphatic rings. The molecule has 1 heterocycles. The van der Waals surface area contributed by atoms with Gasteiger partial charge in [-0.3, -0.25) is 9.78 Å². The van der Waals surface area contributed by atoms with E-state index < -0.39 is 24.8 Å². The topological polar surface area (TPSA) is 115 Å². The molecule has 1 atom stereocenters. The van der Waals surface area contributed by atoms with Crippen LogP contribution >= 0.6 is 0 Å². The molecule has 0 fully saturated rings. The summed E-state index contributed by atoms with van der Waals surface area (Å²) < 4.78 is 20.3. The van der Waals surface area contributed by atoms with E-state index in [-0.39, 0.29) is 36.3 Å². The third-order valence-electron chi connectivity index (χ3n) is 4.95. The van der Waals surface area contributed by atoms with Crippen molar-refractivity contribution in [2.24, 2.45) is 0 Å². The Bertz CT molecular complexity index is 1170. The van der Waals surface area contributed by atoms with Gasteiger partial charge in [-0.1, -0.05) is 48.5 Å². The lowest BCUT2D eigenvalue weighted by Crippen LogP contribution is -2.48. The van der Waals surface area contributed by atoms with Gasteiger partial charge in [-0.2, -0.15) is 5.26 Å². The maximum Gasteiger partial charge on any atom is 0.475 e. The fourth-order valence-corrected chi connectivity index (χ4v) is 3.22. The van der Waals surface area contributed by atoms with Gasteiger partial charge in [0.05, 0.1) is 30.2 Å². The normalized spacial score (nSPS) is 11.9. The molecule has 0 spiro atoms. The second-order valence-electron chi connectivity index (χ2n) is 7.42. The van der Waals surface area contributed by atoms with Gasteiger partial charge in [-0.05, 0) is 36.3 Å². The molecule has 3 rings (SSSR count). The molecule has 0 saturated carbocycles. The summed E-state index contributed by atoms with van der Waals surface area (Å²) in [5.74, 6) is -2.09. The molecule has 7 nitrogen and oxygen atoms in total. The summed E-state index contributed by atoms with van der Waals surface area (Å²) in [4.78, 5) is 16.4. The van der Waals surface area contributed by atoms with Crippen molar-refractivity contribution in [3.63, 3.8) is 0 Å². The van der Waals surface area contributed by atoms with Crippen LogP contribution in [-0.4, -0.2) is 40.6 Å². The van der Waals surface area contributed by atoms with E-state index in [1.54, 1.807) is 30.5 Å². The summed E-state index contributed by atoms with van der Waals surface area (Å²) in [6.45, 7) is -0.124. The van der Waals surface area contributed by atoms with Crippen molar-refractivity contribution in [1.29, 1.82) is 5.26 Å². The van der Waals surface area contributed by atoms with Crippen LogP contribution in [0.4, 0.5) is 4.39 Å². The Morgan fingerprint density at radius 2 is 1.91 bits per heavy atom. The van der Waals surface area contributed by atoms with Crippen LogP contribution in [0.25, 0.3) is 11.6 Å². The smallest absolute Gasteiger partial charge is 0.475 e. The number of carbonyl (C=O) groups is 1. The molecule has 3 aromatic rings. The number of pyridine rings is 1. The highest BCUT2D eigenvalue weighted by atomic mass is 19.1. The maximum absolute atomic E-state index is 14.9.